The lowest BCUT2D eigenvalue weighted by Gasteiger charge is -2.05. The van der Waals surface area contributed by atoms with Crippen molar-refractivity contribution in [1.29, 1.82) is 10.5 Å². The number of rotatable bonds is 2. The zero-order valence-electron chi connectivity index (χ0n) is 12.8. The number of hydrogen-bond donors (Lipinski definition) is 0. The van der Waals surface area contributed by atoms with Crippen molar-refractivity contribution in [3.63, 3.8) is 0 Å². The molecule has 0 spiro atoms. The van der Waals surface area contributed by atoms with Crippen molar-refractivity contribution in [2.24, 2.45) is 0 Å². The first-order chi connectivity index (χ1) is 12.3. The van der Waals surface area contributed by atoms with E-state index in [1.807, 2.05) is 36.4 Å². The number of pyridine rings is 1. The molecule has 0 unspecified atom stereocenters. The van der Waals surface area contributed by atoms with E-state index in [1.54, 1.807) is 24.5 Å². The van der Waals surface area contributed by atoms with Crippen molar-refractivity contribution in [3.05, 3.63) is 66.2 Å². The molecule has 0 atom stereocenters. The predicted molar refractivity (Wildman–Crippen MR) is 88.9 cm³/mol. The van der Waals surface area contributed by atoms with Gasteiger partial charge in [-0.15, -0.1) is 10.2 Å². The van der Waals surface area contributed by atoms with Gasteiger partial charge in [0.2, 0.25) is 0 Å². The lowest BCUT2D eigenvalue weighted by Crippen LogP contribution is -2.03. The normalized spacial score (nSPS) is 10.3. The highest BCUT2D eigenvalue weighted by Crippen LogP contribution is 2.30. The molecule has 4 rings (SSSR count). The maximum atomic E-state index is 9.52. The first kappa shape index (κ1) is 14.5. The second-order valence-corrected chi connectivity index (χ2v) is 5.18. The fourth-order valence-corrected chi connectivity index (χ4v) is 2.70. The summed E-state index contributed by atoms with van der Waals surface area (Å²) in [6.45, 7) is 0. The summed E-state index contributed by atoms with van der Waals surface area (Å²) in [4.78, 5) is 3.99. The van der Waals surface area contributed by atoms with Gasteiger partial charge in [-0.3, -0.25) is 4.98 Å². The molecule has 0 aliphatic rings. The van der Waals surface area contributed by atoms with Gasteiger partial charge >= 0.3 is 0 Å². The molecule has 3 aromatic heterocycles. The average Bonchev–Trinajstić information content (AvgIpc) is 3.07. The molecule has 25 heavy (non-hydrogen) atoms. The van der Waals surface area contributed by atoms with Crippen molar-refractivity contribution in [2.75, 3.05) is 0 Å². The van der Waals surface area contributed by atoms with Gasteiger partial charge in [0.15, 0.2) is 17.0 Å². The summed E-state index contributed by atoms with van der Waals surface area (Å²) in [6.07, 6.45) is 3.24. The largest absolute Gasteiger partial charge is 0.265 e. The van der Waals surface area contributed by atoms with Crippen LogP contribution in [0.5, 0.6) is 0 Å². The highest BCUT2D eigenvalue weighted by molar-refractivity contribution is 5.83. The second kappa shape index (κ2) is 5.84. The third-order valence-corrected chi connectivity index (χ3v) is 3.77. The van der Waals surface area contributed by atoms with Gasteiger partial charge in [0.25, 0.3) is 0 Å². The van der Waals surface area contributed by atoms with Crippen LogP contribution in [0.4, 0.5) is 0 Å². The molecular formula is C18H9N7. The molecule has 0 N–H and O–H groups in total. The van der Waals surface area contributed by atoms with Crippen molar-refractivity contribution in [3.8, 4) is 34.5 Å². The van der Waals surface area contributed by atoms with E-state index in [0.717, 1.165) is 11.1 Å². The Bertz CT molecular complexity index is 1150. The minimum Gasteiger partial charge on any atom is -0.265 e. The van der Waals surface area contributed by atoms with E-state index in [4.69, 9.17) is 0 Å². The molecule has 0 bridgehead atoms. The minimum absolute atomic E-state index is 0.130. The van der Waals surface area contributed by atoms with E-state index >= 15 is 0 Å². The number of nitrogens with zero attached hydrogens (tertiary/aromatic N) is 7. The van der Waals surface area contributed by atoms with Crippen molar-refractivity contribution >= 4 is 5.65 Å². The zero-order valence-corrected chi connectivity index (χ0v) is 12.8. The number of aromatic nitrogens is 5. The molecule has 4 aromatic rings. The third kappa shape index (κ3) is 2.28. The number of hydrogen-bond acceptors (Lipinski definition) is 6. The Labute approximate surface area is 142 Å². The number of benzene rings is 1. The standard InChI is InChI=1S/C18H9N7/c19-10-14-16(12-4-2-1-3-5-12)18-23-22-15(11-20)17(25(18)24-14)13-6-8-21-9-7-13/h1-9H. The smallest absolute Gasteiger partial charge is 0.189 e. The van der Waals surface area contributed by atoms with Gasteiger partial charge in [-0.1, -0.05) is 30.3 Å². The monoisotopic (exact) mass is 323 g/mol. The molecule has 7 nitrogen and oxygen atoms in total. The molecule has 1 aromatic carbocycles. The summed E-state index contributed by atoms with van der Waals surface area (Å²) in [5.41, 5.74) is 3.39. The Kier molecular flexibility index (Phi) is 3.38. The van der Waals surface area contributed by atoms with Crippen LogP contribution in [0.15, 0.2) is 54.9 Å². The predicted octanol–water partition coefficient (Wildman–Crippen LogP) is 2.60. The van der Waals surface area contributed by atoms with Crippen LogP contribution in [0.3, 0.4) is 0 Å². The van der Waals surface area contributed by atoms with Gasteiger partial charge in [0.1, 0.15) is 17.8 Å². The van der Waals surface area contributed by atoms with Crippen molar-refractivity contribution < 1.29 is 0 Å². The Balaban J connectivity index is 2.12. The van der Waals surface area contributed by atoms with Gasteiger partial charge in [0.05, 0.1) is 5.56 Å². The molecule has 116 valence electrons. The van der Waals surface area contributed by atoms with Crippen molar-refractivity contribution in [1.82, 2.24) is 24.8 Å². The van der Waals surface area contributed by atoms with Crippen LogP contribution >= 0.6 is 0 Å². The van der Waals surface area contributed by atoms with Gasteiger partial charge < -0.3 is 0 Å². The SMILES string of the molecule is N#Cc1nn2c(-c3ccncc3)c(C#N)nnc2c1-c1ccccc1. The quantitative estimate of drug-likeness (QED) is 0.561. The summed E-state index contributed by atoms with van der Waals surface area (Å²) >= 11 is 0. The van der Waals surface area contributed by atoms with E-state index in [1.165, 1.54) is 4.52 Å². The molecule has 0 aliphatic carbocycles. The van der Waals surface area contributed by atoms with Crippen LogP contribution in [0, 0.1) is 22.7 Å². The Hall–Kier alpha value is -4.10. The van der Waals surface area contributed by atoms with Crippen LogP contribution in [0.1, 0.15) is 11.4 Å². The third-order valence-electron chi connectivity index (χ3n) is 3.77. The Morgan fingerprint density at radius 2 is 1.52 bits per heavy atom. The van der Waals surface area contributed by atoms with E-state index in [-0.39, 0.29) is 11.4 Å². The van der Waals surface area contributed by atoms with Gasteiger partial charge in [-0.05, 0) is 17.7 Å². The summed E-state index contributed by atoms with van der Waals surface area (Å²) in [7, 11) is 0. The van der Waals surface area contributed by atoms with Crippen LogP contribution in [0.2, 0.25) is 0 Å². The number of fused-ring (bicyclic) bond motifs is 1. The van der Waals surface area contributed by atoms with E-state index < -0.39 is 0 Å². The fourth-order valence-electron chi connectivity index (χ4n) is 2.70. The molecule has 0 fully saturated rings. The highest BCUT2D eigenvalue weighted by Gasteiger charge is 2.21. The van der Waals surface area contributed by atoms with Gasteiger partial charge in [0, 0.05) is 18.0 Å². The van der Waals surface area contributed by atoms with Crippen LogP contribution in [-0.2, 0) is 0 Å². The summed E-state index contributed by atoms with van der Waals surface area (Å²) in [5.74, 6) is 0. The first-order valence-electron chi connectivity index (χ1n) is 7.39. The Morgan fingerprint density at radius 1 is 0.800 bits per heavy atom. The Morgan fingerprint density at radius 3 is 2.20 bits per heavy atom. The molecule has 0 saturated heterocycles. The van der Waals surface area contributed by atoms with E-state index in [9.17, 15) is 10.5 Å². The molecular weight excluding hydrogens is 314 g/mol. The van der Waals surface area contributed by atoms with Crippen LogP contribution < -0.4 is 0 Å². The molecule has 7 heteroatoms. The van der Waals surface area contributed by atoms with E-state index in [2.05, 4.69) is 26.3 Å². The number of nitriles is 2. The lowest BCUT2D eigenvalue weighted by molar-refractivity contribution is 0.882. The molecule has 0 amide bonds. The molecule has 3 heterocycles. The van der Waals surface area contributed by atoms with E-state index in [0.29, 0.717) is 16.9 Å². The molecule has 0 radical (unpaired) electrons. The highest BCUT2D eigenvalue weighted by atomic mass is 15.3. The maximum absolute atomic E-state index is 9.52. The summed E-state index contributed by atoms with van der Waals surface area (Å²) < 4.78 is 1.50. The second-order valence-electron chi connectivity index (χ2n) is 5.18. The molecule has 0 saturated carbocycles. The van der Waals surface area contributed by atoms with Crippen LogP contribution in [-0.4, -0.2) is 24.8 Å². The summed E-state index contributed by atoms with van der Waals surface area (Å²) in [6, 6.07) is 17.1. The summed E-state index contributed by atoms with van der Waals surface area (Å²) in [5, 5.41) is 31.5. The minimum atomic E-state index is 0.130. The van der Waals surface area contributed by atoms with Gasteiger partial charge in [-0.2, -0.15) is 15.6 Å². The van der Waals surface area contributed by atoms with Crippen LogP contribution in [0.25, 0.3) is 28.0 Å². The topological polar surface area (TPSA) is 104 Å². The lowest BCUT2D eigenvalue weighted by atomic mass is 10.1. The average molecular weight is 323 g/mol. The fraction of sp³-hybridized carbons (Fsp3) is 0. The van der Waals surface area contributed by atoms with Gasteiger partial charge in [-0.25, -0.2) is 4.52 Å². The first-order valence-corrected chi connectivity index (χ1v) is 7.39. The van der Waals surface area contributed by atoms with Crippen molar-refractivity contribution in [2.45, 2.75) is 0 Å². The maximum Gasteiger partial charge on any atom is 0.189 e. The zero-order chi connectivity index (χ0) is 17.2. The molecule has 0 aliphatic heterocycles.